The summed E-state index contributed by atoms with van der Waals surface area (Å²) in [6.07, 6.45) is 2.24. The van der Waals surface area contributed by atoms with Gasteiger partial charge in [0, 0.05) is 29.2 Å². The maximum atomic E-state index is 10.7. The van der Waals surface area contributed by atoms with Crippen LogP contribution in [0.1, 0.15) is 32.3 Å². The zero-order valence-electron chi connectivity index (χ0n) is 10.1. The molecule has 5 heteroatoms. The molecular formula is C12H17BrN2O2. The molecule has 0 radical (unpaired) electrons. The molecule has 1 N–H and O–H groups in total. The van der Waals surface area contributed by atoms with Gasteiger partial charge in [-0.25, -0.2) is 0 Å². The minimum atomic E-state index is -0.371. The molecular weight excluding hydrogens is 284 g/mol. The summed E-state index contributed by atoms with van der Waals surface area (Å²) < 4.78 is 0.742. The molecule has 1 rings (SSSR count). The molecule has 1 unspecified atom stereocenters. The first-order chi connectivity index (χ1) is 8.02. The molecule has 1 atom stereocenters. The number of benzene rings is 1. The van der Waals surface area contributed by atoms with E-state index in [9.17, 15) is 10.1 Å². The smallest absolute Gasteiger partial charge is 0.270 e. The van der Waals surface area contributed by atoms with E-state index in [-0.39, 0.29) is 10.6 Å². The SMILES string of the molecule is CCCC(C)NCc1cc(Br)cc([N+](=O)[O-])c1. The summed E-state index contributed by atoms with van der Waals surface area (Å²) >= 11 is 3.29. The number of hydrogen-bond acceptors (Lipinski definition) is 3. The summed E-state index contributed by atoms with van der Waals surface area (Å²) in [5.74, 6) is 0. The van der Waals surface area contributed by atoms with Gasteiger partial charge in [0.15, 0.2) is 0 Å². The highest BCUT2D eigenvalue weighted by Crippen LogP contribution is 2.21. The van der Waals surface area contributed by atoms with Crippen LogP contribution >= 0.6 is 15.9 Å². The van der Waals surface area contributed by atoms with Crippen LogP contribution in [0.5, 0.6) is 0 Å². The van der Waals surface area contributed by atoms with E-state index < -0.39 is 0 Å². The monoisotopic (exact) mass is 300 g/mol. The van der Waals surface area contributed by atoms with E-state index in [1.165, 1.54) is 6.07 Å². The van der Waals surface area contributed by atoms with Crippen LogP contribution in [0.15, 0.2) is 22.7 Å². The van der Waals surface area contributed by atoms with Crippen LogP contribution in [0.2, 0.25) is 0 Å². The summed E-state index contributed by atoms with van der Waals surface area (Å²) in [6, 6.07) is 5.45. The number of non-ortho nitro benzene ring substituents is 1. The highest BCUT2D eigenvalue weighted by molar-refractivity contribution is 9.10. The van der Waals surface area contributed by atoms with Gasteiger partial charge in [0.05, 0.1) is 4.92 Å². The van der Waals surface area contributed by atoms with Gasteiger partial charge in [0.1, 0.15) is 0 Å². The van der Waals surface area contributed by atoms with Crippen molar-refractivity contribution in [3.8, 4) is 0 Å². The molecule has 0 spiro atoms. The number of halogens is 1. The van der Waals surface area contributed by atoms with Crippen molar-refractivity contribution in [2.45, 2.75) is 39.3 Å². The Hall–Kier alpha value is -0.940. The van der Waals surface area contributed by atoms with Gasteiger partial charge < -0.3 is 5.32 Å². The molecule has 0 bridgehead atoms. The van der Waals surface area contributed by atoms with Gasteiger partial charge in [0.25, 0.3) is 5.69 Å². The fourth-order valence-electron chi connectivity index (χ4n) is 1.67. The molecule has 4 nitrogen and oxygen atoms in total. The van der Waals surface area contributed by atoms with Gasteiger partial charge in [-0.05, 0) is 25.0 Å². The molecule has 1 aromatic carbocycles. The Bertz CT molecular complexity index is 396. The summed E-state index contributed by atoms with van der Waals surface area (Å²) in [5.41, 5.74) is 1.05. The quantitative estimate of drug-likeness (QED) is 0.644. The molecule has 0 aromatic heterocycles. The third-order valence-corrected chi connectivity index (χ3v) is 2.99. The summed E-state index contributed by atoms with van der Waals surface area (Å²) in [7, 11) is 0. The summed E-state index contributed by atoms with van der Waals surface area (Å²) in [4.78, 5) is 10.3. The van der Waals surface area contributed by atoms with Crippen LogP contribution < -0.4 is 5.32 Å². The van der Waals surface area contributed by atoms with Crippen LogP contribution in [-0.4, -0.2) is 11.0 Å². The lowest BCUT2D eigenvalue weighted by molar-refractivity contribution is -0.385. The Morgan fingerprint density at radius 1 is 1.47 bits per heavy atom. The number of nitrogens with one attached hydrogen (secondary N) is 1. The van der Waals surface area contributed by atoms with Crippen molar-refractivity contribution in [2.75, 3.05) is 0 Å². The average Bonchev–Trinajstić information content (AvgIpc) is 2.26. The minimum absolute atomic E-state index is 0.124. The first kappa shape index (κ1) is 14.1. The topological polar surface area (TPSA) is 55.2 Å². The maximum absolute atomic E-state index is 10.7. The molecule has 0 saturated carbocycles. The van der Waals surface area contributed by atoms with Crippen molar-refractivity contribution in [3.63, 3.8) is 0 Å². The van der Waals surface area contributed by atoms with Crippen molar-refractivity contribution >= 4 is 21.6 Å². The van der Waals surface area contributed by atoms with E-state index in [0.717, 1.165) is 22.9 Å². The number of nitro benzene ring substituents is 1. The molecule has 0 amide bonds. The van der Waals surface area contributed by atoms with Crippen LogP contribution in [-0.2, 0) is 6.54 Å². The first-order valence-corrected chi connectivity index (χ1v) is 6.49. The number of nitro groups is 1. The maximum Gasteiger partial charge on any atom is 0.270 e. The zero-order chi connectivity index (χ0) is 12.8. The number of nitrogens with zero attached hydrogens (tertiary/aromatic N) is 1. The van der Waals surface area contributed by atoms with E-state index in [1.807, 2.05) is 6.07 Å². The molecule has 0 fully saturated rings. The van der Waals surface area contributed by atoms with Crippen LogP contribution in [0.25, 0.3) is 0 Å². The molecule has 17 heavy (non-hydrogen) atoms. The lowest BCUT2D eigenvalue weighted by Crippen LogP contribution is -2.25. The van der Waals surface area contributed by atoms with Crippen molar-refractivity contribution < 1.29 is 4.92 Å². The predicted molar refractivity (Wildman–Crippen MR) is 72.0 cm³/mol. The van der Waals surface area contributed by atoms with E-state index in [1.54, 1.807) is 6.07 Å². The molecule has 0 saturated heterocycles. The van der Waals surface area contributed by atoms with E-state index >= 15 is 0 Å². The second kappa shape index (κ2) is 6.71. The minimum Gasteiger partial charge on any atom is -0.310 e. The van der Waals surface area contributed by atoms with E-state index in [0.29, 0.717) is 12.6 Å². The Morgan fingerprint density at radius 2 is 2.18 bits per heavy atom. The molecule has 1 aromatic rings. The van der Waals surface area contributed by atoms with Crippen LogP contribution in [0, 0.1) is 10.1 Å². The first-order valence-electron chi connectivity index (χ1n) is 5.70. The Kier molecular flexibility index (Phi) is 5.58. The zero-order valence-corrected chi connectivity index (χ0v) is 11.7. The van der Waals surface area contributed by atoms with Gasteiger partial charge in [0.2, 0.25) is 0 Å². The second-order valence-corrected chi connectivity index (χ2v) is 5.06. The van der Waals surface area contributed by atoms with Gasteiger partial charge in [-0.2, -0.15) is 0 Å². The molecule has 0 heterocycles. The highest BCUT2D eigenvalue weighted by atomic mass is 79.9. The van der Waals surface area contributed by atoms with Gasteiger partial charge in [-0.3, -0.25) is 10.1 Å². The molecule has 0 aliphatic carbocycles. The lowest BCUT2D eigenvalue weighted by Gasteiger charge is -2.12. The fraction of sp³-hybridized carbons (Fsp3) is 0.500. The van der Waals surface area contributed by atoms with Crippen molar-refractivity contribution in [1.82, 2.24) is 5.32 Å². The van der Waals surface area contributed by atoms with E-state index in [4.69, 9.17) is 0 Å². The molecule has 0 aliphatic heterocycles. The second-order valence-electron chi connectivity index (χ2n) is 4.15. The van der Waals surface area contributed by atoms with Crippen molar-refractivity contribution in [2.24, 2.45) is 0 Å². The van der Waals surface area contributed by atoms with Gasteiger partial charge in [-0.15, -0.1) is 0 Å². The van der Waals surface area contributed by atoms with Crippen LogP contribution in [0.3, 0.4) is 0 Å². The normalized spacial score (nSPS) is 12.4. The summed E-state index contributed by atoms with van der Waals surface area (Å²) in [5, 5.41) is 14.1. The predicted octanol–water partition coefficient (Wildman–Crippen LogP) is 3.64. The number of hydrogen-bond donors (Lipinski definition) is 1. The Morgan fingerprint density at radius 3 is 2.76 bits per heavy atom. The molecule has 94 valence electrons. The Labute approximate surface area is 110 Å². The average molecular weight is 301 g/mol. The highest BCUT2D eigenvalue weighted by Gasteiger charge is 2.09. The third-order valence-electron chi connectivity index (χ3n) is 2.53. The summed E-state index contributed by atoms with van der Waals surface area (Å²) in [6.45, 7) is 4.92. The number of rotatable bonds is 6. The van der Waals surface area contributed by atoms with Crippen molar-refractivity contribution in [3.05, 3.63) is 38.3 Å². The molecule has 0 aliphatic rings. The fourth-order valence-corrected chi connectivity index (χ4v) is 2.20. The standard InChI is InChI=1S/C12H17BrN2O2/c1-3-4-9(2)14-8-10-5-11(13)7-12(6-10)15(16)17/h5-7,9,14H,3-4,8H2,1-2H3. The third kappa shape index (κ3) is 4.83. The Balaban J connectivity index is 2.68. The lowest BCUT2D eigenvalue weighted by atomic mass is 10.1. The van der Waals surface area contributed by atoms with Gasteiger partial charge in [-0.1, -0.05) is 29.3 Å². The largest absolute Gasteiger partial charge is 0.310 e. The van der Waals surface area contributed by atoms with Crippen LogP contribution in [0.4, 0.5) is 5.69 Å². The van der Waals surface area contributed by atoms with Crippen molar-refractivity contribution in [1.29, 1.82) is 0 Å². The van der Waals surface area contributed by atoms with E-state index in [2.05, 4.69) is 35.1 Å². The van der Waals surface area contributed by atoms with Gasteiger partial charge >= 0.3 is 0 Å².